The molecule has 1 saturated heterocycles. The number of fused-ring (bicyclic) bond motifs is 3. The maximum Gasteiger partial charge on any atom is 0.261 e. The predicted molar refractivity (Wildman–Crippen MR) is 110 cm³/mol. The Bertz CT molecular complexity index is 889. The highest BCUT2D eigenvalue weighted by atomic mass is 32.1. The summed E-state index contributed by atoms with van der Waals surface area (Å²) in [5.41, 5.74) is 1.84. The zero-order valence-electron chi connectivity index (χ0n) is 16.2. The Morgan fingerprint density at radius 3 is 2.89 bits per heavy atom. The van der Waals surface area contributed by atoms with Gasteiger partial charge in [-0.05, 0) is 55.8 Å². The molecule has 2 aliphatic rings. The molecule has 0 radical (unpaired) electrons. The van der Waals surface area contributed by atoms with Crippen LogP contribution >= 0.6 is 11.3 Å². The van der Waals surface area contributed by atoms with Crippen LogP contribution in [0.2, 0.25) is 0 Å². The maximum atomic E-state index is 13.2. The average molecular weight is 386 g/mol. The van der Waals surface area contributed by atoms with E-state index in [2.05, 4.69) is 31.0 Å². The molecule has 0 aliphatic carbocycles. The van der Waals surface area contributed by atoms with E-state index >= 15 is 0 Å². The first-order chi connectivity index (χ1) is 13.0. The van der Waals surface area contributed by atoms with E-state index in [4.69, 9.17) is 0 Å². The molecule has 4 rings (SSSR count). The Kier molecular flexibility index (Phi) is 4.95. The van der Waals surface area contributed by atoms with E-state index in [0.717, 1.165) is 58.6 Å². The van der Waals surface area contributed by atoms with Crippen LogP contribution in [0.1, 0.15) is 52.8 Å². The maximum absolute atomic E-state index is 13.2. The first-order valence-electron chi connectivity index (χ1n) is 9.88. The molecule has 1 aromatic heterocycles. The van der Waals surface area contributed by atoms with Crippen molar-refractivity contribution >= 4 is 33.2 Å². The van der Waals surface area contributed by atoms with Gasteiger partial charge in [0.15, 0.2) is 0 Å². The van der Waals surface area contributed by atoms with Crippen molar-refractivity contribution in [1.29, 1.82) is 0 Å². The van der Waals surface area contributed by atoms with Crippen molar-refractivity contribution in [3.05, 3.63) is 34.2 Å². The van der Waals surface area contributed by atoms with E-state index in [1.807, 2.05) is 23.1 Å². The molecule has 5 nitrogen and oxygen atoms in total. The molecule has 2 aliphatic heterocycles. The van der Waals surface area contributed by atoms with Gasteiger partial charge in [0.25, 0.3) is 11.8 Å². The number of amides is 2. The topological polar surface area (TPSA) is 52.7 Å². The zero-order valence-corrected chi connectivity index (χ0v) is 17.1. The van der Waals surface area contributed by atoms with Crippen LogP contribution in [0.3, 0.4) is 0 Å². The van der Waals surface area contributed by atoms with Crippen LogP contribution in [0.4, 0.5) is 0 Å². The summed E-state index contributed by atoms with van der Waals surface area (Å²) in [7, 11) is 0. The molecule has 0 spiro atoms. The van der Waals surface area contributed by atoms with Gasteiger partial charge in [-0.25, -0.2) is 0 Å². The van der Waals surface area contributed by atoms with Gasteiger partial charge in [-0.3, -0.25) is 14.5 Å². The van der Waals surface area contributed by atoms with Gasteiger partial charge in [-0.1, -0.05) is 6.92 Å². The number of nitrogens with zero attached hydrogens (tertiary/aromatic N) is 2. The molecule has 1 fully saturated rings. The van der Waals surface area contributed by atoms with Gasteiger partial charge in [-0.15, -0.1) is 11.3 Å². The van der Waals surface area contributed by atoms with Gasteiger partial charge < -0.3 is 10.2 Å². The van der Waals surface area contributed by atoms with E-state index in [0.29, 0.717) is 18.6 Å². The normalized spacial score (nSPS) is 20.8. The van der Waals surface area contributed by atoms with E-state index in [-0.39, 0.29) is 11.8 Å². The quantitative estimate of drug-likeness (QED) is 0.883. The smallest absolute Gasteiger partial charge is 0.261 e. The Labute approximate surface area is 164 Å². The van der Waals surface area contributed by atoms with Crippen molar-refractivity contribution in [1.82, 2.24) is 15.1 Å². The fourth-order valence-corrected chi connectivity index (χ4v) is 5.52. The average Bonchev–Trinajstić information content (AvgIpc) is 3.06. The van der Waals surface area contributed by atoms with Crippen molar-refractivity contribution < 1.29 is 9.59 Å². The van der Waals surface area contributed by atoms with Crippen LogP contribution in [0, 0.1) is 0 Å². The van der Waals surface area contributed by atoms with Crippen molar-refractivity contribution in [3.8, 4) is 0 Å². The molecule has 0 unspecified atom stereocenters. The highest BCUT2D eigenvalue weighted by Crippen LogP contribution is 2.34. The van der Waals surface area contributed by atoms with Crippen LogP contribution in [0.15, 0.2) is 18.2 Å². The molecule has 2 aromatic rings. The molecule has 3 heterocycles. The fraction of sp³-hybridized carbons (Fsp3) is 0.524. The summed E-state index contributed by atoms with van der Waals surface area (Å²) in [6.07, 6.45) is 1.89. The number of thiophene rings is 1. The minimum absolute atomic E-state index is 0.0147. The number of nitrogens with one attached hydrogen (secondary N) is 1. The van der Waals surface area contributed by atoms with Crippen molar-refractivity contribution in [2.24, 2.45) is 0 Å². The van der Waals surface area contributed by atoms with Crippen LogP contribution in [0.5, 0.6) is 0 Å². The minimum atomic E-state index is 0.0147. The molecular formula is C21H27N3O2S. The molecule has 0 saturated carbocycles. The first kappa shape index (κ1) is 18.4. The number of carbonyl (C=O) groups excluding carboxylic acids is 2. The molecule has 1 N–H and O–H groups in total. The van der Waals surface area contributed by atoms with Gasteiger partial charge in [0.2, 0.25) is 0 Å². The largest absolute Gasteiger partial charge is 0.351 e. The van der Waals surface area contributed by atoms with Crippen LogP contribution in [-0.2, 0) is 6.42 Å². The third-order valence-corrected chi connectivity index (χ3v) is 7.07. The number of hydrogen-bond donors (Lipinski definition) is 1. The first-order valence-corrected chi connectivity index (χ1v) is 10.7. The Morgan fingerprint density at radius 2 is 2.15 bits per heavy atom. The SMILES string of the molecule is CC[C@@H]1CN(C(=O)c2ccc3sc4c(c3c2)CCNC4=O)CCN1C(C)C. The lowest BCUT2D eigenvalue weighted by Crippen LogP contribution is -2.56. The van der Waals surface area contributed by atoms with Crippen LogP contribution in [-0.4, -0.2) is 59.9 Å². The van der Waals surface area contributed by atoms with Crippen molar-refractivity contribution in [2.75, 3.05) is 26.2 Å². The lowest BCUT2D eigenvalue weighted by Gasteiger charge is -2.43. The fourth-order valence-electron chi connectivity index (χ4n) is 4.37. The van der Waals surface area contributed by atoms with E-state index in [1.54, 1.807) is 0 Å². The standard InChI is InChI=1S/C21H27N3O2S/c1-4-15-12-23(9-10-24(15)13(2)3)21(26)14-5-6-18-17(11-14)16-7-8-22-20(25)19(16)27-18/h5-6,11,13,15H,4,7-10,12H2,1-3H3,(H,22,25)/t15-/m1/s1. The molecule has 27 heavy (non-hydrogen) atoms. The second-order valence-electron chi connectivity index (χ2n) is 7.77. The second kappa shape index (κ2) is 7.24. The Hall–Kier alpha value is -1.92. The van der Waals surface area contributed by atoms with E-state index in [9.17, 15) is 9.59 Å². The summed E-state index contributed by atoms with van der Waals surface area (Å²) in [6, 6.07) is 6.85. The van der Waals surface area contributed by atoms with E-state index < -0.39 is 0 Å². The number of carbonyl (C=O) groups is 2. The van der Waals surface area contributed by atoms with Crippen molar-refractivity contribution in [3.63, 3.8) is 0 Å². The molecule has 6 heteroatoms. The molecular weight excluding hydrogens is 358 g/mol. The zero-order chi connectivity index (χ0) is 19.1. The van der Waals surface area contributed by atoms with Gasteiger partial charge in [0.1, 0.15) is 0 Å². The summed E-state index contributed by atoms with van der Waals surface area (Å²) in [5.74, 6) is 0.125. The van der Waals surface area contributed by atoms with Crippen LogP contribution in [0.25, 0.3) is 10.1 Å². The molecule has 144 valence electrons. The third kappa shape index (κ3) is 3.25. The summed E-state index contributed by atoms with van der Waals surface area (Å²) in [5, 5.41) is 3.98. The molecule has 2 amide bonds. The minimum Gasteiger partial charge on any atom is -0.351 e. The summed E-state index contributed by atoms with van der Waals surface area (Å²) < 4.78 is 1.09. The number of benzene rings is 1. The lowest BCUT2D eigenvalue weighted by atomic mass is 10.0. The second-order valence-corrected chi connectivity index (χ2v) is 8.82. The molecule has 0 bridgehead atoms. The number of rotatable bonds is 3. The highest BCUT2D eigenvalue weighted by molar-refractivity contribution is 7.21. The summed E-state index contributed by atoms with van der Waals surface area (Å²) in [4.78, 5) is 30.6. The van der Waals surface area contributed by atoms with E-state index in [1.165, 1.54) is 11.3 Å². The molecule has 1 atom stereocenters. The Balaban J connectivity index is 1.61. The monoisotopic (exact) mass is 385 g/mol. The summed E-state index contributed by atoms with van der Waals surface area (Å²) in [6.45, 7) is 9.81. The number of hydrogen-bond acceptors (Lipinski definition) is 4. The highest BCUT2D eigenvalue weighted by Gasteiger charge is 2.30. The third-order valence-electron chi connectivity index (χ3n) is 5.85. The summed E-state index contributed by atoms with van der Waals surface area (Å²) >= 11 is 1.53. The lowest BCUT2D eigenvalue weighted by molar-refractivity contribution is 0.0371. The van der Waals surface area contributed by atoms with Gasteiger partial charge >= 0.3 is 0 Å². The number of piperazine rings is 1. The predicted octanol–water partition coefficient (Wildman–Crippen LogP) is 3.13. The van der Waals surface area contributed by atoms with Crippen LogP contribution < -0.4 is 5.32 Å². The molecule has 1 aromatic carbocycles. The van der Waals surface area contributed by atoms with Gasteiger partial charge in [0.05, 0.1) is 4.88 Å². The van der Waals surface area contributed by atoms with Gasteiger partial charge in [0, 0.05) is 48.5 Å². The van der Waals surface area contributed by atoms with Crippen molar-refractivity contribution in [2.45, 2.75) is 45.7 Å². The van der Waals surface area contributed by atoms with Gasteiger partial charge in [-0.2, -0.15) is 0 Å². The Morgan fingerprint density at radius 1 is 1.33 bits per heavy atom.